The lowest BCUT2D eigenvalue weighted by molar-refractivity contribution is 0.824. The number of nitrogens with zero attached hydrogens (tertiary/aromatic N) is 1. The molecule has 0 fully saturated rings. The average molecular weight is 239 g/mol. The molecule has 0 radical (unpaired) electrons. The average Bonchev–Trinajstić information content (AvgIpc) is 2.64. The van der Waals surface area contributed by atoms with Crippen LogP contribution in [0.15, 0.2) is 54.6 Å². The zero-order chi connectivity index (χ0) is 11.8. The molecule has 1 aliphatic heterocycles. The van der Waals surface area contributed by atoms with Gasteiger partial charge in [-0.15, -0.1) is 0 Å². The third kappa shape index (κ3) is 1.56. The highest BCUT2D eigenvalue weighted by Gasteiger charge is 2.31. The Labute approximate surface area is 107 Å². The molecule has 84 valence electrons. The van der Waals surface area contributed by atoms with E-state index < -0.39 is 0 Å². The first-order valence-electron chi connectivity index (χ1n) is 5.76. The fourth-order valence-corrected chi connectivity index (χ4v) is 2.88. The standard InChI is InChI=1S/C15H13NS/c1-11-13-9-5-6-10-14(13)15(17)16(11)12-7-3-2-4-8-12/h2-11H,1H3/t11-/m0/s1. The second-order valence-corrected chi connectivity index (χ2v) is 4.66. The first kappa shape index (κ1) is 10.5. The Balaban J connectivity index is 2.10. The molecule has 1 atom stereocenters. The Kier molecular flexibility index (Phi) is 2.45. The monoisotopic (exact) mass is 239 g/mol. The van der Waals surface area contributed by atoms with E-state index in [1.54, 1.807) is 0 Å². The second kappa shape index (κ2) is 3.97. The van der Waals surface area contributed by atoms with Gasteiger partial charge in [0.1, 0.15) is 4.99 Å². The summed E-state index contributed by atoms with van der Waals surface area (Å²) >= 11 is 5.58. The fraction of sp³-hybridized carbons (Fsp3) is 0.133. The fourth-order valence-electron chi connectivity index (χ4n) is 2.43. The minimum absolute atomic E-state index is 0.320. The molecule has 2 aromatic rings. The van der Waals surface area contributed by atoms with Crippen LogP contribution in [0.1, 0.15) is 24.1 Å². The number of fused-ring (bicyclic) bond motifs is 1. The molecule has 17 heavy (non-hydrogen) atoms. The molecular weight excluding hydrogens is 226 g/mol. The predicted octanol–water partition coefficient (Wildman–Crippen LogP) is 3.94. The Morgan fingerprint density at radius 1 is 0.941 bits per heavy atom. The van der Waals surface area contributed by atoms with Gasteiger partial charge in [-0.2, -0.15) is 0 Å². The topological polar surface area (TPSA) is 3.24 Å². The van der Waals surface area contributed by atoms with Gasteiger partial charge in [0.15, 0.2) is 0 Å². The molecule has 3 rings (SSSR count). The van der Waals surface area contributed by atoms with E-state index in [1.807, 2.05) is 24.3 Å². The van der Waals surface area contributed by atoms with Crippen LogP contribution in [0.2, 0.25) is 0 Å². The number of rotatable bonds is 1. The second-order valence-electron chi connectivity index (χ2n) is 4.27. The van der Waals surface area contributed by atoms with E-state index >= 15 is 0 Å². The van der Waals surface area contributed by atoms with Crippen LogP contribution < -0.4 is 4.90 Å². The highest BCUT2D eigenvalue weighted by Crippen LogP contribution is 2.37. The first-order chi connectivity index (χ1) is 8.29. The quantitative estimate of drug-likeness (QED) is 0.693. The minimum atomic E-state index is 0.320. The van der Waals surface area contributed by atoms with Gasteiger partial charge in [-0.25, -0.2) is 0 Å². The smallest absolute Gasteiger partial charge is 0.114 e. The summed E-state index contributed by atoms with van der Waals surface area (Å²) in [7, 11) is 0. The lowest BCUT2D eigenvalue weighted by atomic mass is 10.1. The normalized spacial score (nSPS) is 18.3. The molecule has 0 aromatic heterocycles. The maximum atomic E-state index is 5.58. The van der Waals surface area contributed by atoms with Gasteiger partial charge in [-0.05, 0) is 24.6 Å². The SMILES string of the molecule is C[C@H]1c2ccccc2C(=S)N1c1ccccc1. The molecule has 0 spiro atoms. The molecule has 2 aromatic carbocycles. The van der Waals surface area contributed by atoms with Crippen molar-refractivity contribution >= 4 is 22.9 Å². The van der Waals surface area contributed by atoms with Crippen LogP contribution in [0.4, 0.5) is 5.69 Å². The molecule has 1 nitrogen and oxygen atoms in total. The van der Waals surface area contributed by atoms with Gasteiger partial charge in [0, 0.05) is 11.3 Å². The van der Waals surface area contributed by atoms with Crippen LogP contribution in [0.25, 0.3) is 0 Å². The van der Waals surface area contributed by atoms with Crippen LogP contribution in [-0.4, -0.2) is 4.99 Å². The van der Waals surface area contributed by atoms with Crippen molar-refractivity contribution in [1.29, 1.82) is 0 Å². The van der Waals surface area contributed by atoms with Crippen molar-refractivity contribution in [3.8, 4) is 0 Å². The van der Waals surface area contributed by atoms with E-state index in [0.717, 1.165) is 4.99 Å². The van der Waals surface area contributed by atoms with Crippen molar-refractivity contribution in [2.75, 3.05) is 4.90 Å². The third-order valence-corrected chi connectivity index (χ3v) is 3.70. The molecule has 0 amide bonds. The molecule has 0 N–H and O–H groups in total. The molecule has 0 bridgehead atoms. The van der Waals surface area contributed by atoms with Crippen molar-refractivity contribution in [2.24, 2.45) is 0 Å². The number of hydrogen-bond acceptors (Lipinski definition) is 1. The van der Waals surface area contributed by atoms with Crippen LogP contribution in [0.3, 0.4) is 0 Å². The number of para-hydroxylation sites is 1. The summed E-state index contributed by atoms with van der Waals surface area (Å²) in [5, 5.41) is 0. The van der Waals surface area contributed by atoms with Gasteiger partial charge in [0.2, 0.25) is 0 Å². The van der Waals surface area contributed by atoms with E-state index in [-0.39, 0.29) is 0 Å². The van der Waals surface area contributed by atoms with Gasteiger partial charge >= 0.3 is 0 Å². The molecule has 0 unspecified atom stereocenters. The van der Waals surface area contributed by atoms with E-state index in [9.17, 15) is 0 Å². The number of hydrogen-bond donors (Lipinski definition) is 0. The van der Waals surface area contributed by atoms with Crippen LogP contribution in [0.5, 0.6) is 0 Å². The zero-order valence-electron chi connectivity index (χ0n) is 9.63. The highest BCUT2D eigenvalue weighted by atomic mass is 32.1. The Morgan fingerprint density at radius 2 is 1.59 bits per heavy atom. The molecule has 1 heterocycles. The van der Waals surface area contributed by atoms with E-state index in [4.69, 9.17) is 12.2 Å². The van der Waals surface area contributed by atoms with E-state index in [1.165, 1.54) is 16.8 Å². The number of thiocarbonyl (C=S) groups is 1. The Morgan fingerprint density at radius 3 is 2.29 bits per heavy atom. The lowest BCUT2D eigenvalue weighted by Gasteiger charge is -2.24. The van der Waals surface area contributed by atoms with Crippen LogP contribution in [0, 0.1) is 0 Å². The van der Waals surface area contributed by atoms with Crippen LogP contribution >= 0.6 is 12.2 Å². The third-order valence-electron chi connectivity index (χ3n) is 3.28. The molecule has 0 aliphatic carbocycles. The van der Waals surface area contributed by atoms with E-state index in [2.05, 4.69) is 42.2 Å². The summed E-state index contributed by atoms with van der Waals surface area (Å²) in [6, 6.07) is 19.1. The summed E-state index contributed by atoms with van der Waals surface area (Å²) in [6.07, 6.45) is 0. The van der Waals surface area contributed by atoms with Gasteiger partial charge < -0.3 is 4.90 Å². The maximum Gasteiger partial charge on any atom is 0.114 e. The predicted molar refractivity (Wildman–Crippen MR) is 75.5 cm³/mol. The van der Waals surface area contributed by atoms with Gasteiger partial charge in [-0.1, -0.05) is 54.7 Å². The number of anilines is 1. The minimum Gasteiger partial charge on any atom is -0.325 e. The summed E-state index contributed by atoms with van der Waals surface area (Å²) < 4.78 is 0. The summed E-state index contributed by atoms with van der Waals surface area (Å²) in [4.78, 5) is 3.15. The Hall–Kier alpha value is -1.67. The molecule has 0 saturated heterocycles. The van der Waals surface area contributed by atoms with Gasteiger partial charge in [0.25, 0.3) is 0 Å². The van der Waals surface area contributed by atoms with E-state index in [0.29, 0.717) is 6.04 Å². The van der Waals surface area contributed by atoms with Crippen molar-refractivity contribution in [2.45, 2.75) is 13.0 Å². The van der Waals surface area contributed by atoms with Gasteiger partial charge in [0.05, 0.1) is 6.04 Å². The molecule has 1 aliphatic rings. The van der Waals surface area contributed by atoms with Crippen molar-refractivity contribution in [3.05, 3.63) is 65.7 Å². The zero-order valence-corrected chi connectivity index (χ0v) is 10.4. The molecule has 0 saturated carbocycles. The molecular formula is C15H13NS. The lowest BCUT2D eigenvalue weighted by Crippen LogP contribution is -2.25. The summed E-state index contributed by atoms with van der Waals surface area (Å²) in [5.74, 6) is 0. The summed E-state index contributed by atoms with van der Waals surface area (Å²) in [5.41, 5.74) is 3.68. The molecule has 2 heteroatoms. The first-order valence-corrected chi connectivity index (χ1v) is 6.17. The van der Waals surface area contributed by atoms with Crippen LogP contribution in [-0.2, 0) is 0 Å². The maximum absolute atomic E-state index is 5.58. The summed E-state index contributed by atoms with van der Waals surface area (Å²) in [6.45, 7) is 2.20. The largest absolute Gasteiger partial charge is 0.325 e. The van der Waals surface area contributed by atoms with Crippen molar-refractivity contribution in [1.82, 2.24) is 0 Å². The van der Waals surface area contributed by atoms with Crippen molar-refractivity contribution < 1.29 is 0 Å². The number of benzene rings is 2. The van der Waals surface area contributed by atoms with Crippen molar-refractivity contribution in [3.63, 3.8) is 0 Å². The Bertz CT molecular complexity index is 562. The highest BCUT2D eigenvalue weighted by molar-refractivity contribution is 7.81. The van der Waals surface area contributed by atoms with Gasteiger partial charge in [-0.3, -0.25) is 0 Å².